The number of pyridine rings is 1. The second-order valence-corrected chi connectivity index (χ2v) is 5.85. The van der Waals surface area contributed by atoms with E-state index in [1.165, 1.54) is 32.1 Å². The van der Waals surface area contributed by atoms with Crippen LogP contribution in [0.2, 0.25) is 0 Å². The highest BCUT2D eigenvalue weighted by Crippen LogP contribution is 2.28. The molecule has 0 aliphatic heterocycles. The summed E-state index contributed by atoms with van der Waals surface area (Å²) in [5.41, 5.74) is 1.64. The normalized spacial score (nSPS) is 16.4. The third kappa shape index (κ3) is 2.90. The Morgan fingerprint density at radius 2 is 1.90 bits per heavy atom. The lowest BCUT2D eigenvalue weighted by Crippen LogP contribution is -2.09. The summed E-state index contributed by atoms with van der Waals surface area (Å²) in [5, 5.41) is 1.05. The molecule has 1 aliphatic carbocycles. The SMILES string of the molecule is O=C(CCC1CCCCC1)c1cccc2cccnc12. The molecular formula is C18H21NO. The van der Waals surface area contributed by atoms with E-state index in [1.54, 1.807) is 6.20 Å². The van der Waals surface area contributed by atoms with E-state index in [1.807, 2.05) is 30.3 Å². The molecule has 0 N–H and O–H groups in total. The van der Waals surface area contributed by atoms with Crippen LogP contribution in [0.4, 0.5) is 0 Å². The average Bonchev–Trinajstić information content (AvgIpc) is 2.53. The molecule has 104 valence electrons. The van der Waals surface area contributed by atoms with E-state index < -0.39 is 0 Å². The Hall–Kier alpha value is -1.70. The summed E-state index contributed by atoms with van der Waals surface area (Å²) in [5.74, 6) is 1.01. The van der Waals surface area contributed by atoms with Crippen molar-refractivity contribution in [1.29, 1.82) is 0 Å². The molecule has 1 fully saturated rings. The molecule has 20 heavy (non-hydrogen) atoms. The highest BCUT2D eigenvalue weighted by Gasteiger charge is 2.16. The van der Waals surface area contributed by atoms with Gasteiger partial charge in [-0.2, -0.15) is 0 Å². The molecule has 2 nitrogen and oxygen atoms in total. The number of fused-ring (bicyclic) bond motifs is 1. The maximum absolute atomic E-state index is 12.5. The van der Waals surface area contributed by atoms with Crippen LogP contribution in [0.1, 0.15) is 55.3 Å². The molecule has 1 aromatic carbocycles. The van der Waals surface area contributed by atoms with Gasteiger partial charge in [-0.1, -0.05) is 50.3 Å². The van der Waals surface area contributed by atoms with Crippen LogP contribution < -0.4 is 0 Å². The Morgan fingerprint density at radius 3 is 2.75 bits per heavy atom. The van der Waals surface area contributed by atoms with Gasteiger partial charge in [0.05, 0.1) is 5.52 Å². The quantitative estimate of drug-likeness (QED) is 0.746. The van der Waals surface area contributed by atoms with Gasteiger partial charge in [0.25, 0.3) is 0 Å². The molecule has 2 heteroatoms. The van der Waals surface area contributed by atoms with E-state index in [9.17, 15) is 4.79 Å². The zero-order valence-electron chi connectivity index (χ0n) is 11.8. The Kier molecular flexibility index (Phi) is 4.10. The molecule has 0 radical (unpaired) electrons. The second-order valence-electron chi connectivity index (χ2n) is 5.85. The molecule has 1 aromatic heterocycles. The Morgan fingerprint density at radius 1 is 1.10 bits per heavy atom. The first-order chi connectivity index (χ1) is 9.84. The molecule has 1 saturated carbocycles. The fourth-order valence-electron chi connectivity index (χ4n) is 3.27. The van der Waals surface area contributed by atoms with E-state index >= 15 is 0 Å². The molecule has 0 amide bonds. The lowest BCUT2D eigenvalue weighted by molar-refractivity contribution is 0.0971. The van der Waals surface area contributed by atoms with Crippen LogP contribution in [0.5, 0.6) is 0 Å². The van der Waals surface area contributed by atoms with Gasteiger partial charge in [-0.15, -0.1) is 0 Å². The monoisotopic (exact) mass is 267 g/mol. The Bertz CT molecular complexity index is 594. The summed E-state index contributed by atoms with van der Waals surface area (Å²) in [6, 6.07) is 9.81. The highest BCUT2D eigenvalue weighted by atomic mass is 16.1. The van der Waals surface area contributed by atoms with E-state index in [-0.39, 0.29) is 5.78 Å². The fraction of sp³-hybridized carbons (Fsp3) is 0.444. The lowest BCUT2D eigenvalue weighted by atomic mass is 9.85. The number of carbonyl (C=O) groups excluding carboxylic acids is 1. The average molecular weight is 267 g/mol. The third-order valence-corrected chi connectivity index (χ3v) is 4.44. The minimum absolute atomic E-state index is 0.250. The van der Waals surface area contributed by atoms with E-state index in [0.717, 1.165) is 28.8 Å². The first kappa shape index (κ1) is 13.3. The standard InChI is InChI=1S/C18H21NO/c20-17(12-11-14-6-2-1-3-7-14)16-10-4-8-15-9-5-13-19-18(15)16/h4-5,8-10,13-14H,1-3,6-7,11-12H2. The first-order valence-corrected chi connectivity index (χ1v) is 7.71. The van der Waals surface area contributed by atoms with Crippen molar-refractivity contribution in [1.82, 2.24) is 4.98 Å². The predicted octanol–water partition coefficient (Wildman–Crippen LogP) is 4.78. The molecule has 2 aromatic rings. The van der Waals surface area contributed by atoms with Crippen LogP contribution in [-0.4, -0.2) is 10.8 Å². The van der Waals surface area contributed by atoms with Crippen LogP contribution in [0.15, 0.2) is 36.5 Å². The van der Waals surface area contributed by atoms with Crippen LogP contribution in [-0.2, 0) is 0 Å². The van der Waals surface area contributed by atoms with E-state index in [4.69, 9.17) is 0 Å². The molecule has 3 rings (SSSR count). The smallest absolute Gasteiger partial charge is 0.165 e. The van der Waals surface area contributed by atoms with Gasteiger partial charge in [0.1, 0.15) is 0 Å². The number of aromatic nitrogens is 1. The van der Waals surface area contributed by atoms with Gasteiger partial charge in [0, 0.05) is 23.6 Å². The van der Waals surface area contributed by atoms with Crippen molar-refractivity contribution in [2.45, 2.75) is 44.9 Å². The molecule has 1 aliphatic rings. The maximum Gasteiger partial charge on any atom is 0.165 e. The van der Waals surface area contributed by atoms with Crippen molar-refractivity contribution in [2.24, 2.45) is 5.92 Å². The maximum atomic E-state index is 12.5. The van der Waals surface area contributed by atoms with Crippen molar-refractivity contribution >= 4 is 16.7 Å². The lowest BCUT2D eigenvalue weighted by Gasteiger charge is -2.20. The largest absolute Gasteiger partial charge is 0.294 e. The van der Waals surface area contributed by atoms with Gasteiger partial charge in [0.2, 0.25) is 0 Å². The number of para-hydroxylation sites is 1. The molecule has 1 heterocycles. The number of hydrogen-bond donors (Lipinski definition) is 0. The number of nitrogens with zero attached hydrogens (tertiary/aromatic N) is 1. The number of ketones is 1. The van der Waals surface area contributed by atoms with E-state index in [0.29, 0.717) is 6.42 Å². The Labute approximate surface area is 120 Å². The van der Waals surface area contributed by atoms with Crippen LogP contribution in [0, 0.1) is 5.92 Å². The minimum Gasteiger partial charge on any atom is -0.294 e. The minimum atomic E-state index is 0.250. The molecule has 0 unspecified atom stereocenters. The summed E-state index contributed by atoms with van der Waals surface area (Å²) < 4.78 is 0. The van der Waals surface area contributed by atoms with Crippen molar-refractivity contribution in [3.8, 4) is 0 Å². The highest BCUT2D eigenvalue weighted by molar-refractivity contribution is 6.06. The Balaban J connectivity index is 1.72. The summed E-state index contributed by atoms with van der Waals surface area (Å²) >= 11 is 0. The number of Topliss-reactive ketones (excluding diaryl/α,β-unsaturated/α-hetero) is 1. The van der Waals surface area contributed by atoms with Crippen LogP contribution in [0.25, 0.3) is 10.9 Å². The molecule has 0 bridgehead atoms. The van der Waals surface area contributed by atoms with Gasteiger partial charge in [0.15, 0.2) is 5.78 Å². The summed E-state index contributed by atoms with van der Waals surface area (Å²) in [6.07, 6.45) is 10.1. The van der Waals surface area contributed by atoms with Gasteiger partial charge in [-0.25, -0.2) is 0 Å². The topological polar surface area (TPSA) is 30.0 Å². The van der Waals surface area contributed by atoms with Gasteiger partial charge in [-0.3, -0.25) is 9.78 Å². The summed E-state index contributed by atoms with van der Waals surface area (Å²) in [6.45, 7) is 0. The summed E-state index contributed by atoms with van der Waals surface area (Å²) in [4.78, 5) is 16.8. The zero-order chi connectivity index (χ0) is 13.8. The number of benzene rings is 1. The van der Waals surface area contributed by atoms with Gasteiger partial charge >= 0.3 is 0 Å². The van der Waals surface area contributed by atoms with Crippen molar-refractivity contribution < 1.29 is 4.79 Å². The predicted molar refractivity (Wildman–Crippen MR) is 81.9 cm³/mol. The van der Waals surface area contributed by atoms with Crippen molar-refractivity contribution in [3.63, 3.8) is 0 Å². The van der Waals surface area contributed by atoms with Crippen LogP contribution >= 0.6 is 0 Å². The molecular weight excluding hydrogens is 246 g/mol. The van der Waals surface area contributed by atoms with Crippen molar-refractivity contribution in [3.05, 3.63) is 42.1 Å². The molecule has 0 saturated heterocycles. The van der Waals surface area contributed by atoms with Gasteiger partial charge in [-0.05, 0) is 24.5 Å². The number of carbonyl (C=O) groups is 1. The number of hydrogen-bond acceptors (Lipinski definition) is 2. The van der Waals surface area contributed by atoms with E-state index in [2.05, 4.69) is 4.98 Å². The summed E-state index contributed by atoms with van der Waals surface area (Å²) in [7, 11) is 0. The molecule has 0 atom stereocenters. The second kappa shape index (κ2) is 6.17. The van der Waals surface area contributed by atoms with Gasteiger partial charge < -0.3 is 0 Å². The van der Waals surface area contributed by atoms with Crippen molar-refractivity contribution in [2.75, 3.05) is 0 Å². The fourth-order valence-corrected chi connectivity index (χ4v) is 3.27. The zero-order valence-corrected chi connectivity index (χ0v) is 11.8. The first-order valence-electron chi connectivity index (χ1n) is 7.71. The molecule has 0 spiro atoms. The number of rotatable bonds is 4. The third-order valence-electron chi connectivity index (χ3n) is 4.44. The van der Waals surface area contributed by atoms with Crippen LogP contribution in [0.3, 0.4) is 0 Å².